The number of aromatic nitrogens is 1. The summed E-state index contributed by atoms with van der Waals surface area (Å²) in [6.45, 7) is 0.0540. The first-order valence-electron chi connectivity index (χ1n) is 9.19. The number of hydrogen-bond donors (Lipinski definition) is 2. The zero-order chi connectivity index (χ0) is 20.9. The molecule has 1 aliphatic carbocycles. The minimum Gasteiger partial charge on any atom is -0.444 e. The highest BCUT2D eigenvalue weighted by molar-refractivity contribution is 7.20. The summed E-state index contributed by atoms with van der Waals surface area (Å²) in [7, 11) is 0. The molecule has 1 aliphatic rings. The van der Waals surface area contributed by atoms with E-state index in [1.807, 2.05) is 54.6 Å². The van der Waals surface area contributed by atoms with E-state index in [1.54, 1.807) is 12.2 Å². The van der Waals surface area contributed by atoms with Gasteiger partial charge in [0.15, 0.2) is 5.01 Å². The van der Waals surface area contributed by atoms with Crippen LogP contribution in [0.4, 0.5) is 4.79 Å². The Morgan fingerprint density at radius 3 is 2.57 bits per heavy atom. The number of hydrogen-bond acceptors (Lipinski definition) is 6. The van der Waals surface area contributed by atoms with Gasteiger partial charge >= 0.3 is 6.09 Å². The number of imide groups is 1. The van der Waals surface area contributed by atoms with Crippen molar-refractivity contribution in [3.63, 3.8) is 0 Å². The minimum absolute atomic E-state index is 0.0540. The molecule has 1 heterocycles. The maximum atomic E-state index is 12.6. The summed E-state index contributed by atoms with van der Waals surface area (Å²) in [6.07, 6.45) is 2.82. The van der Waals surface area contributed by atoms with Crippen molar-refractivity contribution in [1.29, 1.82) is 0 Å². The number of carbonyl (C=O) groups excluding carboxylic acids is 3. The fourth-order valence-corrected chi connectivity index (χ4v) is 3.77. The molecule has 0 saturated heterocycles. The summed E-state index contributed by atoms with van der Waals surface area (Å²) in [5, 5.41) is 5.20. The van der Waals surface area contributed by atoms with Crippen LogP contribution in [0.3, 0.4) is 0 Å². The van der Waals surface area contributed by atoms with Crippen molar-refractivity contribution in [1.82, 2.24) is 15.6 Å². The van der Waals surface area contributed by atoms with Gasteiger partial charge in [-0.25, -0.2) is 9.78 Å². The minimum atomic E-state index is -0.847. The van der Waals surface area contributed by atoms with E-state index in [0.29, 0.717) is 17.1 Å². The highest BCUT2D eigenvalue weighted by atomic mass is 32.1. The molecule has 3 aromatic rings. The summed E-state index contributed by atoms with van der Waals surface area (Å²) < 4.78 is 5.97. The number of nitrogens with zero attached hydrogens (tertiary/aromatic N) is 1. The van der Waals surface area contributed by atoms with Crippen molar-refractivity contribution in [3.8, 4) is 0 Å². The zero-order valence-electron chi connectivity index (χ0n) is 15.8. The molecule has 0 saturated carbocycles. The highest BCUT2D eigenvalue weighted by Gasteiger charge is 2.22. The molecule has 0 aliphatic heterocycles. The second kappa shape index (κ2) is 8.71. The summed E-state index contributed by atoms with van der Waals surface area (Å²) in [5.74, 6) is -1.02. The van der Waals surface area contributed by atoms with Crippen molar-refractivity contribution >= 4 is 39.5 Å². The third-order valence-corrected chi connectivity index (χ3v) is 5.41. The third-order valence-electron chi connectivity index (χ3n) is 4.37. The van der Waals surface area contributed by atoms with E-state index in [4.69, 9.17) is 4.74 Å². The average Bonchev–Trinajstić information content (AvgIpc) is 3.40. The van der Waals surface area contributed by atoms with Crippen LogP contribution in [0.15, 0.2) is 78.0 Å². The van der Waals surface area contributed by atoms with Gasteiger partial charge in [0.2, 0.25) is 0 Å². The summed E-state index contributed by atoms with van der Waals surface area (Å²) in [5.41, 5.74) is 2.17. The molecule has 0 radical (unpaired) electrons. The van der Waals surface area contributed by atoms with E-state index in [1.165, 1.54) is 11.3 Å². The van der Waals surface area contributed by atoms with E-state index in [0.717, 1.165) is 15.8 Å². The van der Waals surface area contributed by atoms with Gasteiger partial charge in [-0.3, -0.25) is 14.9 Å². The lowest BCUT2D eigenvalue weighted by Crippen LogP contribution is -2.33. The predicted molar refractivity (Wildman–Crippen MR) is 113 cm³/mol. The summed E-state index contributed by atoms with van der Waals surface area (Å²) in [6, 6.07) is 16.6. The summed E-state index contributed by atoms with van der Waals surface area (Å²) in [4.78, 5) is 41.3. The molecule has 150 valence electrons. The monoisotopic (exact) mass is 419 g/mol. The molecule has 0 atom stereocenters. The Kier molecular flexibility index (Phi) is 5.67. The fraction of sp³-hybridized carbons (Fsp3) is 0.0909. The molecule has 0 bridgehead atoms. The Morgan fingerprint density at radius 2 is 1.77 bits per heavy atom. The molecule has 30 heavy (non-hydrogen) atoms. The van der Waals surface area contributed by atoms with Gasteiger partial charge in [-0.05, 0) is 30.2 Å². The van der Waals surface area contributed by atoms with E-state index in [9.17, 15) is 14.4 Å². The molecule has 0 fully saturated rings. The van der Waals surface area contributed by atoms with Gasteiger partial charge in [-0.15, -0.1) is 11.3 Å². The Bertz CT molecular complexity index is 1150. The summed E-state index contributed by atoms with van der Waals surface area (Å²) >= 11 is 1.27. The Morgan fingerprint density at radius 1 is 1.00 bits per heavy atom. The van der Waals surface area contributed by atoms with Crippen LogP contribution in [0, 0.1) is 0 Å². The third kappa shape index (κ3) is 4.44. The van der Waals surface area contributed by atoms with Gasteiger partial charge in [-0.2, -0.15) is 0 Å². The Balaban J connectivity index is 1.39. The molecule has 7 nitrogen and oxygen atoms in total. The zero-order valence-corrected chi connectivity index (χ0v) is 16.6. The maximum Gasteiger partial charge on any atom is 0.414 e. The first kappa shape index (κ1) is 19.5. The SMILES string of the molecule is O=C(NC(=O)C1=C(NC(=O)c2nc3ccccc3s2)C=CC1)OCc1ccccc1. The van der Waals surface area contributed by atoms with Crippen molar-refractivity contribution in [3.05, 3.63) is 88.6 Å². The molecule has 4 rings (SSSR count). The lowest BCUT2D eigenvalue weighted by Gasteiger charge is -2.09. The predicted octanol–water partition coefficient (Wildman–Crippen LogP) is 3.69. The highest BCUT2D eigenvalue weighted by Crippen LogP contribution is 2.23. The lowest BCUT2D eigenvalue weighted by molar-refractivity contribution is -0.117. The van der Waals surface area contributed by atoms with Gasteiger partial charge in [-0.1, -0.05) is 48.5 Å². The lowest BCUT2D eigenvalue weighted by atomic mass is 10.2. The van der Waals surface area contributed by atoms with E-state index in [-0.39, 0.29) is 12.2 Å². The average molecular weight is 419 g/mol. The molecule has 2 N–H and O–H groups in total. The molecule has 1 aromatic heterocycles. The molecule has 3 amide bonds. The van der Waals surface area contributed by atoms with Crippen LogP contribution in [0.2, 0.25) is 0 Å². The topological polar surface area (TPSA) is 97.4 Å². The second-order valence-corrected chi connectivity index (χ2v) is 7.49. The molecular formula is C22H17N3O4S. The fourth-order valence-electron chi connectivity index (χ4n) is 2.91. The first-order valence-corrected chi connectivity index (χ1v) is 10.0. The molecule has 8 heteroatoms. The van der Waals surface area contributed by atoms with Gasteiger partial charge in [0.1, 0.15) is 6.61 Å². The van der Waals surface area contributed by atoms with Crippen LogP contribution in [0.5, 0.6) is 0 Å². The van der Waals surface area contributed by atoms with E-state index < -0.39 is 17.9 Å². The van der Waals surface area contributed by atoms with Crippen LogP contribution in [-0.4, -0.2) is 22.9 Å². The van der Waals surface area contributed by atoms with Crippen LogP contribution >= 0.6 is 11.3 Å². The molecule has 2 aromatic carbocycles. The van der Waals surface area contributed by atoms with Crippen molar-refractivity contribution in [2.75, 3.05) is 0 Å². The van der Waals surface area contributed by atoms with Crippen molar-refractivity contribution in [2.45, 2.75) is 13.0 Å². The number of rotatable bonds is 5. The van der Waals surface area contributed by atoms with Gasteiger partial charge in [0.25, 0.3) is 11.8 Å². The number of alkyl carbamates (subject to hydrolysis) is 1. The quantitative estimate of drug-likeness (QED) is 0.657. The Labute approximate surface area is 176 Å². The van der Waals surface area contributed by atoms with Crippen LogP contribution in [0.25, 0.3) is 10.2 Å². The number of ether oxygens (including phenoxy) is 1. The number of amides is 3. The number of fused-ring (bicyclic) bond motifs is 1. The normalized spacial score (nSPS) is 12.8. The number of thiazole rings is 1. The maximum absolute atomic E-state index is 12.6. The van der Waals surface area contributed by atoms with Crippen LogP contribution in [0.1, 0.15) is 21.8 Å². The molecule has 0 unspecified atom stereocenters. The Hall–Kier alpha value is -3.78. The number of nitrogens with one attached hydrogen (secondary N) is 2. The van der Waals surface area contributed by atoms with Gasteiger partial charge in [0.05, 0.1) is 10.2 Å². The first-order chi connectivity index (χ1) is 14.6. The standard InChI is InChI=1S/C22H17N3O4S/c26-19(25-22(28)29-13-14-7-2-1-3-8-14)15-9-6-11-16(15)23-20(27)21-24-17-10-4-5-12-18(17)30-21/h1-8,10-12H,9,13H2,(H,23,27)(H,25,26,28). The molecule has 0 spiro atoms. The second-order valence-electron chi connectivity index (χ2n) is 6.46. The van der Waals surface area contributed by atoms with Crippen LogP contribution < -0.4 is 10.6 Å². The molecular weight excluding hydrogens is 402 g/mol. The smallest absolute Gasteiger partial charge is 0.414 e. The van der Waals surface area contributed by atoms with Gasteiger partial charge in [0, 0.05) is 11.3 Å². The van der Waals surface area contributed by atoms with E-state index >= 15 is 0 Å². The number of para-hydroxylation sites is 1. The van der Waals surface area contributed by atoms with E-state index in [2.05, 4.69) is 15.6 Å². The van der Waals surface area contributed by atoms with Crippen LogP contribution in [-0.2, 0) is 16.1 Å². The number of allylic oxidation sites excluding steroid dienone is 2. The number of carbonyl (C=O) groups is 3. The largest absolute Gasteiger partial charge is 0.444 e. The van der Waals surface area contributed by atoms with Crippen molar-refractivity contribution in [2.24, 2.45) is 0 Å². The number of benzene rings is 2. The van der Waals surface area contributed by atoms with Crippen molar-refractivity contribution < 1.29 is 19.1 Å². The van der Waals surface area contributed by atoms with Gasteiger partial charge < -0.3 is 10.1 Å².